The number of rotatable bonds is 2. The van der Waals surface area contributed by atoms with Gasteiger partial charge in [-0.25, -0.2) is 9.78 Å². The Bertz CT molecular complexity index is 381. The molecule has 1 aromatic rings. The number of methoxy groups -OCH3 is 1. The predicted molar refractivity (Wildman–Crippen MR) is 64.0 cm³/mol. The van der Waals surface area contributed by atoms with Crippen molar-refractivity contribution in [2.75, 3.05) is 25.1 Å². The fourth-order valence-corrected chi connectivity index (χ4v) is 2.71. The molecule has 0 aliphatic carbocycles. The Hall–Kier alpha value is -1.10. The molecule has 1 saturated heterocycles. The van der Waals surface area contributed by atoms with Crippen LogP contribution in [0.3, 0.4) is 0 Å². The number of carbonyl (C=O) groups is 1. The van der Waals surface area contributed by atoms with E-state index < -0.39 is 0 Å². The number of ether oxygens (including phenoxy) is 1. The summed E-state index contributed by atoms with van der Waals surface area (Å²) in [6, 6.07) is 0. The second-order valence-electron chi connectivity index (χ2n) is 4.37. The molecule has 0 spiro atoms. The first-order valence-electron chi connectivity index (χ1n) is 5.40. The van der Waals surface area contributed by atoms with E-state index in [1.54, 1.807) is 5.38 Å². The number of hydrogen-bond acceptors (Lipinski definition) is 5. The smallest absolute Gasteiger partial charge is 0.357 e. The molecule has 1 aromatic heterocycles. The van der Waals surface area contributed by atoms with Crippen LogP contribution in [0.2, 0.25) is 0 Å². The first-order chi connectivity index (χ1) is 7.61. The molecule has 0 radical (unpaired) electrons. The summed E-state index contributed by atoms with van der Waals surface area (Å²) in [7, 11) is 1.38. The predicted octanol–water partition coefficient (Wildman–Crippen LogP) is 2.02. The Kier molecular flexibility index (Phi) is 3.14. The number of nitrogens with zero attached hydrogens (tertiary/aromatic N) is 2. The van der Waals surface area contributed by atoms with Crippen LogP contribution in [0.4, 0.5) is 5.13 Å². The summed E-state index contributed by atoms with van der Waals surface area (Å²) in [5.74, 6) is 1.01. The molecule has 2 unspecified atom stereocenters. The van der Waals surface area contributed by atoms with Gasteiger partial charge in [-0.2, -0.15) is 0 Å². The molecule has 1 aliphatic rings. The number of anilines is 1. The van der Waals surface area contributed by atoms with Crippen LogP contribution in [-0.2, 0) is 4.74 Å². The first kappa shape index (κ1) is 11.4. The van der Waals surface area contributed by atoms with Gasteiger partial charge in [0, 0.05) is 18.5 Å². The van der Waals surface area contributed by atoms with Crippen molar-refractivity contribution in [2.45, 2.75) is 13.8 Å². The van der Waals surface area contributed by atoms with Gasteiger partial charge in [-0.1, -0.05) is 13.8 Å². The van der Waals surface area contributed by atoms with Crippen LogP contribution in [0.5, 0.6) is 0 Å². The van der Waals surface area contributed by atoms with E-state index in [1.807, 2.05) is 0 Å². The first-order valence-corrected chi connectivity index (χ1v) is 6.28. The minimum atomic E-state index is -0.359. The maximum Gasteiger partial charge on any atom is 0.357 e. The van der Waals surface area contributed by atoms with Gasteiger partial charge in [0.25, 0.3) is 0 Å². The lowest BCUT2D eigenvalue weighted by atomic mass is 10.0. The van der Waals surface area contributed by atoms with Gasteiger partial charge >= 0.3 is 5.97 Å². The van der Waals surface area contributed by atoms with Crippen LogP contribution in [-0.4, -0.2) is 31.2 Å². The fourth-order valence-electron chi connectivity index (χ4n) is 1.89. The van der Waals surface area contributed by atoms with Crippen molar-refractivity contribution in [3.63, 3.8) is 0 Å². The lowest BCUT2D eigenvalue weighted by molar-refractivity contribution is 0.0595. The highest BCUT2D eigenvalue weighted by molar-refractivity contribution is 7.13. The van der Waals surface area contributed by atoms with E-state index in [2.05, 4.69) is 28.5 Å². The lowest BCUT2D eigenvalue weighted by Gasteiger charge is -2.13. The summed E-state index contributed by atoms with van der Waals surface area (Å²) in [5.41, 5.74) is 0.412. The van der Waals surface area contributed by atoms with Gasteiger partial charge < -0.3 is 9.64 Å². The van der Waals surface area contributed by atoms with Crippen LogP contribution in [0, 0.1) is 11.8 Å². The van der Waals surface area contributed by atoms with E-state index in [0.717, 1.165) is 18.2 Å². The SMILES string of the molecule is COC(=O)c1csc(N2CC(C)C(C)C2)n1. The molecule has 1 aliphatic heterocycles. The van der Waals surface area contributed by atoms with E-state index >= 15 is 0 Å². The Morgan fingerprint density at radius 3 is 2.69 bits per heavy atom. The van der Waals surface area contributed by atoms with Gasteiger partial charge in [-0.3, -0.25) is 0 Å². The molecule has 2 atom stereocenters. The highest BCUT2D eigenvalue weighted by Crippen LogP contribution is 2.29. The summed E-state index contributed by atoms with van der Waals surface area (Å²) in [6.07, 6.45) is 0. The zero-order valence-corrected chi connectivity index (χ0v) is 10.6. The third-order valence-electron chi connectivity index (χ3n) is 3.15. The van der Waals surface area contributed by atoms with Crippen molar-refractivity contribution in [3.8, 4) is 0 Å². The van der Waals surface area contributed by atoms with E-state index in [1.165, 1.54) is 18.4 Å². The monoisotopic (exact) mass is 240 g/mol. The molecule has 4 nitrogen and oxygen atoms in total. The van der Waals surface area contributed by atoms with Crippen LogP contribution in [0.1, 0.15) is 24.3 Å². The average Bonchev–Trinajstić information content (AvgIpc) is 2.86. The molecular weight excluding hydrogens is 224 g/mol. The molecule has 16 heavy (non-hydrogen) atoms. The Morgan fingerprint density at radius 1 is 1.50 bits per heavy atom. The van der Waals surface area contributed by atoms with Crippen LogP contribution in [0.25, 0.3) is 0 Å². The highest BCUT2D eigenvalue weighted by Gasteiger charge is 2.28. The van der Waals surface area contributed by atoms with Crippen molar-refractivity contribution in [3.05, 3.63) is 11.1 Å². The Balaban J connectivity index is 2.11. The summed E-state index contributed by atoms with van der Waals surface area (Å²) in [5, 5.41) is 2.69. The van der Waals surface area contributed by atoms with E-state index in [-0.39, 0.29) is 5.97 Å². The molecule has 0 aromatic carbocycles. The summed E-state index contributed by atoms with van der Waals surface area (Å²) >= 11 is 1.51. The summed E-state index contributed by atoms with van der Waals surface area (Å²) in [6.45, 7) is 6.55. The molecule has 1 fully saturated rings. The number of hydrogen-bond donors (Lipinski definition) is 0. The molecule has 2 rings (SSSR count). The minimum absolute atomic E-state index is 0.359. The summed E-state index contributed by atoms with van der Waals surface area (Å²) < 4.78 is 4.64. The van der Waals surface area contributed by atoms with Crippen molar-refractivity contribution in [1.82, 2.24) is 4.98 Å². The third kappa shape index (κ3) is 2.04. The maximum absolute atomic E-state index is 11.3. The molecule has 0 amide bonds. The molecule has 2 heterocycles. The van der Waals surface area contributed by atoms with Crippen LogP contribution >= 0.6 is 11.3 Å². The molecular formula is C11H16N2O2S. The van der Waals surface area contributed by atoms with Gasteiger partial charge in [0.1, 0.15) is 0 Å². The van der Waals surface area contributed by atoms with Gasteiger partial charge in [0.15, 0.2) is 10.8 Å². The molecule has 88 valence electrons. The fraction of sp³-hybridized carbons (Fsp3) is 0.636. The quantitative estimate of drug-likeness (QED) is 0.742. The Morgan fingerprint density at radius 2 is 2.12 bits per heavy atom. The van der Waals surface area contributed by atoms with Crippen molar-refractivity contribution in [1.29, 1.82) is 0 Å². The van der Waals surface area contributed by atoms with Gasteiger partial charge in [-0.05, 0) is 11.8 Å². The van der Waals surface area contributed by atoms with Crippen molar-refractivity contribution >= 4 is 22.4 Å². The van der Waals surface area contributed by atoms with E-state index in [4.69, 9.17) is 0 Å². The minimum Gasteiger partial charge on any atom is -0.464 e. The third-order valence-corrected chi connectivity index (χ3v) is 4.05. The molecule has 0 saturated carbocycles. The second-order valence-corrected chi connectivity index (χ2v) is 5.20. The van der Waals surface area contributed by atoms with Gasteiger partial charge in [0.2, 0.25) is 0 Å². The zero-order chi connectivity index (χ0) is 11.7. The lowest BCUT2D eigenvalue weighted by Crippen LogP contribution is -2.19. The van der Waals surface area contributed by atoms with Gasteiger partial charge in [0.05, 0.1) is 7.11 Å². The number of aromatic nitrogens is 1. The van der Waals surface area contributed by atoms with E-state index in [0.29, 0.717) is 17.5 Å². The van der Waals surface area contributed by atoms with Crippen LogP contribution < -0.4 is 4.90 Å². The van der Waals surface area contributed by atoms with Crippen molar-refractivity contribution < 1.29 is 9.53 Å². The largest absolute Gasteiger partial charge is 0.464 e. The average molecular weight is 240 g/mol. The number of carbonyl (C=O) groups excluding carboxylic acids is 1. The van der Waals surface area contributed by atoms with E-state index in [9.17, 15) is 4.79 Å². The number of thiazole rings is 1. The summed E-state index contributed by atoms with van der Waals surface area (Å²) in [4.78, 5) is 17.8. The molecule has 0 bridgehead atoms. The molecule has 5 heteroatoms. The van der Waals surface area contributed by atoms with Gasteiger partial charge in [-0.15, -0.1) is 11.3 Å². The standard InChI is InChI=1S/C11H16N2O2S/c1-7-4-13(5-8(7)2)11-12-9(6-16-11)10(14)15-3/h6-8H,4-5H2,1-3H3. The maximum atomic E-state index is 11.3. The molecule has 0 N–H and O–H groups in total. The number of esters is 1. The topological polar surface area (TPSA) is 42.4 Å². The zero-order valence-electron chi connectivity index (χ0n) is 9.77. The Labute approximate surface area is 99.2 Å². The van der Waals surface area contributed by atoms with Crippen molar-refractivity contribution in [2.24, 2.45) is 11.8 Å². The normalized spacial score (nSPS) is 24.8. The second kappa shape index (κ2) is 4.41. The highest BCUT2D eigenvalue weighted by atomic mass is 32.1. The van der Waals surface area contributed by atoms with Crippen LogP contribution in [0.15, 0.2) is 5.38 Å².